The summed E-state index contributed by atoms with van der Waals surface area (Å²) in [4.78, 5) is 19.4. The molecule has 3 aromatic rings. The monoisotopic (exact) mass is 443 g/mol. The lowest BCUT2D eigenvalue weighted by molar-refractivity contribution is 0.0591. The minimum atomic E-state index is -0.441. The number of carbonyl (C=O) groups is 1. The van der Waals surface area contributed by atoms with Gasteiger partial charge in [0.05, 0.1) is 5.02 Å². The molecule has 1 atom stereocenters. The molecule has 0 spiro atoms. The Kier molecular flexibility index (Phi) is 6.82. The number of rotatable bonds is 7. The van der Waals surface area contributed by atoms with Crippen LogP contribution in [0.1, 0.15) is 47.6 Å². The standard InChI is InChI=1S/C23H23ClFN3O3/c24-20-13-16(25)7-10-22(20)30-15-19-14-21(27-31-19)23(29)28-12-4-2-6-18(28)9-8-17-5-1-3-11-26-17/h1,3,5,7,10-11,13-14,18H,2,4,6,8-9,12,15H2/t18-/m0/s1. The van der Waals surface area contributed by atoms with Crippen molar-refractivity contribution in [3.8, 4) is 5.75 Å². The first-order chi connectivity index (χ1) is 15.1. The number of carbonyl (C=O) groups excluding carboxylic acids is 1. The fourth-order valence-electron chi connectivity index (χ4n) is 3.80. The first-order valence-corrected chi connectivity index (χ1v) is 10.7. The van der Waals surface area contributed by atoms with Crippen LogP contribution in [0.5, 0.6) is 5.75 Å². The number of piperidine rings is 1. The molecule has 1 amide bonds. The molecule has 0 bridgehead atoms. The van der Waals surface area contributed by atoms with Crippen molar-refractivity contribution in [3.05, 3.63) is 76.6 Å². The van der Waals surface area contributed by atoms with Gasteiger partial charge in [0, 0.05) is 30.5 Å². The highest BCUT2D eigenvalue weighted by Crippen LogP contribution is 2.26. The molecule has 1 aromatic carbocycles. The maximum Gasteiger partial charge on any atom is 0.276 e. The van der Waals surface area contributed by atoms with Gasteiger partial charge in [0.25, 0.3) is 5.91 Å². The first kappa shape index (κ1) is 21.3. The molecule has 1 aliphatic rings. The lowest BCUT2D eigenvalue weighted by Gasteiger charge is -2.35. The van der Waals surface area contributed by atoms with Crippen LogP contribution >= 0.6 is 11.6 Å². The van der Waals surface area contributed by atoms with Gasteiger partial charge in [0.15, 0.2) is 11.5 Å². The Morgan fingerprint density at radius 2 is 2.16 bits per heavy atom. The molecule has 0 radical (unpaired) electrons. The molecular weight excluding hydrogens is 421 g/mol. The van der Waals surface area contributed by atoms with E-state index in [1.54, 1.807) is 12.3 Å². The molecule has 1 fully saturated rings. The number of nitrogens with zero attached hydrogens (tertiary/aromatic N) is 3. The van der Waals surface area contributed by atoms with Crippen molar-refractivity contribution < 1.29 is 18.4 Å². The molecule has 31 heavy (non-hydrogen) atoms. The van der Waals surface area contributed by atoms with Crippen molar-refractivity contribution >= 4 is 17.5 Å². The third kappa shape index (κ3) is 5.41. The third-order valence-corrected chi connectivity index (χ3v) is 5.69. The number of ether oxygens (including phenoxy) is 1. The molecule has 0 saturated carbocycles. The highest BCUT2D eigenvalue weighted by Gasteiger charge is 2.29. The molecule has 2 aromatic heterocycles. The summed E-state index contributed by atoms with van der Waals surface area (Å²) in [5.74, 6) is 0.147. The largest absolute Gasteiger partial charge is 0.484 e. The lowest BCUT2D eigenvalue weighted by atomic mass is 9.96. The van der Waals surface area contributed by atoms with Crippen molar-refractivity contribution in [1.29, 1.82) is 0 Å². The number of likely N-dealkylation sites (tertiary alicyclic amines) is 1. The molecule has 0 unspecified atom stereocenters. The van der Waals surface area contributed by atoms with Gasteiger partial charge in [-0.25, -0.2) is 4.39 Å². The minimum Gasteiger partial charge on any atom is -0.484 e. The van der Waals surface area contributed by atoms with Crippen LogP contribution in [0, 0.1) is 5.82 Å². The molecule has 162 valence electrons. The fourth-order valence-corrected chi connectivity index (χ4v) is 4.02. The number of aryl methyl sites for hydroxylation is 1. The van der Waals surface area contributed by atoms with Gasteiger partial charge in [-0.1, -0.05) is 22.8 Å². The Hall–Kier alpha value is -2.93. The van der Waals surface area contributed by atoms with Crippen molar-refractivity contribution in [2.75, 3.05) is 6.54 Å². The Morgan fingerprint density at radius 1 is 1.26 bits per heavy atom. The highest BCUT2D eigenvalue weighted by atomic mass is 35.5. The topological polar surface area (TPSA) is 68.5 Å². The summed E-state index contributed by atoms with van der Waals surface area (Å²) in [5.41, 5.74) is 1.29. The van der Waals surface area contributed by atoms with Crippen LogP contribution in [0.4, 0.5) is 4.39 Å². The summed E-state index contributed by atoms with van der Waals surface area (Å²) >= 11 is 5.97. The maximum absolute atomic E-state index is 13.1. The summed E-state index contributed by atoms with van der Waals surface area (Å²) in [7, 11) is 0. The van der Waals surface area contributed by atoms with Gasteiger partial charge in [0.1, 0.15) is 18.2 Å². The second kappa shape index (κ2) is 9.92. The number of hydrogen-bond acceptors (Lipinski definition) is 5. The van der Waals surface area contributed by atoms with Crippen LogP contribution in [0.2, 0.25) is 5.02 Å². The molecule has 0 aliphatic carbocycles. The lowest BCUT2D eigenvalue weighted by Crippen LogP contribution is -2.44. The smallest absolute Gasteiger partial charge is 0.276 e. The highest BCUT2D eigenvalue weighted by molar-refractivity contribution is 6.32. The Labute approximate surface area is 185 Å². The van der Waals surface area contributed by atoms with Gasteiger partial charge in [-0.2, -0.15) is 0 Å². The molecule has 6 nitrogen and oxygen atoms in total. The summed E-state index contributed by atoms with van der Waals surface area (Å²) in [5, 5.41) is 4.11. The quantitative estimate of drug-likeness (QED) is 0.510. The molecule has 8 heteroatoms. The van der Waals surface area contributed by atoms with E-state index in [4.69, 9.17) is 20.9 Å². The summed E-state index contributed by atoms with van der Waals surface area (Å²) < 4.78 is 24.0. The normalized spacial score (nSPS) is 16.3. The number of benzene rings is 1. The molecule has 4 rings (SSSR count). The van der Waals surface area contributed by atoms with Gasteiger partial charge in [0.2, 0.25) is 0 Å². The second-order valence-electron chi connectivity index (χ2n) is 7.55. The zero-order valence-corrected chi connectivity index (χ0v) is 17.7. The van der Waals surface area contributed by atoms with E-state index in [1.165, 1.54) is 18.2 Å². The van der Waals surface area contributed by atoms with E-state index in [1.807, 2.05) is 23.1 Å². The number of hydrogen-bond donors (Lipinski definition) is 0. The second-order valence-corrected chi connectivity index (χ2v) is 7.96. The average molecular weight is 444 g/mol. The maximum atomic E-state index is 13.1. The van der Waals surface area contributed by atoms with E-state index >= 15 is 0 Å². The van der Waals surface area contributed by atoms with Crippen LogP contribution in [0.25, 0.3) is 0 Å². The van der Waals surface area contributed by atoms with Gasteiger partial charge in [-0.3, -0.25) is 9.78 Å². The van der Waals surface area contributed by atoms with Crippen molar-refractivity contribution in [1.82, 2.24) is 15.0 Å². The van der Waals surface area contributed by atoms with Gasteiger partial charge >= 0.3 is 0 Å². The van der Waals surface area contributed by atoms with E-state index in [-0.39, 0.29) is 29.3 Å². The number of amides is 1. The third-order valence-electron chi connectivity index (χ3n) is 5.39. The van der Waals surface area contributed by atoms with Crippen LogP contribution < -0.4 is 4.74 Å². The van der Waals surface area contributed by atoms with Crippen LogP contribution in [-0.2, 0) is 13.0 Å². The first-order valence-electron chi connectivity index (χ1n) is 10.3. The van der Waals surface area contributed by atoms with Crippen LogP contribution in [0.15, 0.2) is 53.2 Å². The average Bonchev–Trinajstić information content (AvgIpc) is 3.27. The number of aromatic nitrogens is 2. The molecule has 3 heterocycles. The number of halogens is 2. The summed E-state index contributed by atoms with van der Waals surface area (Å²) in [6, 6.07) is 11.5. The van der Waals surface area contributed by atoms with E-state index in [2.05, 4.69) is 10.1 Å². The SMILES string of the molecule is O=C(c1cc(COc2ccc(F)cc2Cl)on1)N1CCCC[C@H]1CCc1ccccn1. The zero-order chi connectivity index (χ0) is 21.6. The van der Waals surface area contributed by atoms with Gasteiger partial charge in [-0.15, -0.1) is 0 Å². The van der Waals surface area contributed by atoms with Crippen LogP contribution in [-0.4, -0.2) is 33.5 Å². The minimum absolute atomic E-state index is 0.0364. The van der Waals surface area contributed by atoms with Gasteiger partial charge < -0.3 is 14.2 Å². The molecule has 1 saturated heterocycles. The van der Waals surface area contributed by atoms with E-state index < -0.39 is 5.82 Å². The van der Waals surface area contributed by atoms with Crippen LogP contribution in [0.3, 0.4) is 0 Å². The molecule has 0 N–H and O–H groups in total. The van der Waals surface area contributed by atoms with E-state index in [9.17, 15) is 9.18 Å². The Bertz CT molecular complexity index is 1030. The molecule has 1 aliphatic heterocycles. The summed E-state index contributed by atoms with van der Waals surface area (Å²) in [6.45, 7) is 0.740. The predicted octanol–water partition coefficient (Wildman–Crippen LogP) is 5.07. The fraction of sp³-hybridized carbons (Fsp3) is 0.348. The zero-order valence-electron chi connectivity index (χ0n) is 17.0. The summed E-state index contributed by atoms with van der Waals surface area (Å²) in [6.07, 6.45) is 6.52. The van der Waals surface area contributed by atoms with E-state index in [0.717, 1.165) is 37.8 Å². The van der Waals surface area contributed by atoms with Crippen molar-refractivity contribution in [3.63, 3.8) is 0 Å². The van der Waals surface area contributed by atoms with Gasteiger partial charge in [-0.05, 0) is 62.4 Å². The van der Waals surface area contributed by atoms with Crippen molar-refractivity contribution in [2.24, 2.45) is 0 Å². The predicted molar refractivity (Wildman–Crippen MR) is 113 cm³/mol. The number of pyridine rings is 1. The Morgan fingerprint density at radius 3 is 2.97 bits per heavy atom. The van der Waals surface area contributed by atoms with Crippen molar-refractivity contribution in [2.45, 2.75) is 44.8 Å². The Balaban J connectivity index is 1.38. The molecular formula is C23H23ClFN3O3. The van der Waals surface area contributed by atoms with E-state index in [0.29, 0.717) is 18.1 Å².